The Bertz CT molecular complexity index is 536. The molecule has 0 fully saturated rings. The van der Waals surface area contributed by atoms with Gasteiger partial charge in [0.1, 0.15) is 0 Å². The number of fused-ring (bicyclic) bond motifs is 1. The molecule has 0 unspecified atom stereocenters. The average Bonchev–Trinajstić information content (AvgIpc) is 2.71. The van der Waals surface area contributed by atoms with Crippen molar-refractivity contribution in [2.24, 2.45) is 4.99 Å². The lowest BCUT2D eigenvalue weighted by atomic mass is 10.1. The topological polar surface area (TPSA) is 61.8 Å². The van der Waals surface area contributed by atoms with E-state index >= 15 is 0 Å². The molecule has 0 spiro atoms. The highest BCUT2D eigenvalue weighted by Crippen LogP contribution is 2.24. The first-order valence-corrected chi connectivity index (χ1v) is 7.12. The minimum Gasteiger partial charge on any atom is -0.365 e. The van der Waals surface area contributed by atoms with Gasteiger partial charge in [-0.25, -0.2) is 0 Å². The lowest BCUT2D eigenvalue weighted by Gasteiger charge is -2.17. The monoisotopic (exact) mass is 275 g/mol. The van der Waals surface area contributed by atoms with Crippen LogP contribution in [0.25, 0.3) is 0 Å². The maximum Gasteiger partial charge on any atom is 0.262 e. The van der Waals surface area contributed by atoms with E-state index in [-0.39, 0.29) is 11.8 Å². The summed E-state index contributed by atoms with van der Waals surface area (Å²) in [6.45, 7) is 1.70. The van der Waals surface area contributed by atoms with Gasteiger partial charge in [-0.2, -0.15) is 0 Å². The van der Waals surface area contributed by atoms with Crippen molar-refractivity contribution in [1.29, 1.82) is 0 Å². The summed E-state index contributed by atoms with van der Waals surface area (Å²) in [5.41, 5.74) is 0.985. The summed E-state index contributed by atoms with van der Waals surface area (Å²) in [7, 11) is 0. The standard InChI is InChI=1S/C13H13N3O2S/c17-11-9-4-1-2-5-10(9)12(18)16(11)8-19-13-14-6-3-7-15-13/h1-2,4-5H,3,6-8H2,(H,14,15). The number of aliphatic imine (C=N–C) groups is 1. The lowest BCUT2D eigenvalue weighted by Crippen LogP contribution is -2.33. The molecule has 0 radical (unpaired) electrons. The van der Waals surface area contributed by atoms with Crippen LogP contribution in [0.3, 0.4) is 0 Å². The van der Waals surface area contributed by atoms with Gasteiger partial charge in [0.15, 0.2) is 5.17 Å². The Hall–Kier alpha value is -1.82. The van der Waals surface area contributed by atoms with Crippen molar-refractivity contribution in [3.63, 3.8) is 0 Å². The first-order valence-electron chi connectivity index (χ1n) is 6.14. The van der Waals surface area contributed by atoms with Crippen LogP contribution in [-0.2, 0) is 0 Å². The number of hydrogen-bond donors (Lipinski definition) is 1. The molecule has 1 aromatic rings. The molecular formula is C13H13N3O2S. The van der Waals surface area contributed by atoms with E-state index in [1.54, 1.807) is 24.3 Å². The highest BCUT2D eigenvalue weighted by molar-refractivity contribution is 8.13. The van der Waals surface area contributed by atoms with E-state index in [0.29, 0.717) is 17.0 Å². The second-order valence-corrected chi connectivity index (χ2v) is 5.26. The Morgan fingerprint density at radius 3 is 2.47 bits per heavy atom. The fourth-order valence-electron chi connectivity index (χ4n) is 2.09. The molecule has 2 heterocycles. The second kappa shape index (κ2) is 5.05. The van der Waals surface area contributed by atoms with Gasteiger partial charge in [-0.3, -0.25) is 19.5 Å². The summed E-state index contributed by atoms with van der Waals surface area (Å²) in [5.74, 6) is -0.132. The zero-order chi connectivity index (χ0) is 13.2. The van der Waals surface area contributed by atoms with E-state index in [1.807, 2.05) is 0 Å². The van der Waals surface area contributed by atoms with Gasteiger partial charge in [-0.1, -0.05) is 23.9 Å². The molecule has 2 aliphatic rings. The highest BCUT2D eigenvalue weighted by Gasteiger charge is 2.35. The fraction of sp³-hybridized carbons (Fsp3) is 0.308. The third kappa shape index (κ3) is 2.23. The Kier molecular flexibility index (Phi) is 3.25. The Morgan fingerprint density at radius 1 is 1.21 bits per heavy atom. The smallest absolute Gasteiger partial charge is 0.262 e. The van der Waals surface area contributed by atoms with Crippen LogP contribution >= 0.6 is 11.8 Å². The summed E-state index contributed by atoms with van der Waals surface area (Å²) in [5, 5.41) is 3.97. The van der Waals surface area contributed by atoms with Crippen LogP contribution in [0.2, 0.25) is 0 Å². The molecule has 0 atom stereocenters. The van der Waals surface area contributed by atoms with Gasteiger partial charge in [-0.15, -0.1) is 0 Å². The van der Waals surface area contributed by atoms with E-state index in [1.165, 1.54) is 16.7 Å². The Labute approximate surface area is 115 Å². The van der Waals surface area contributed by atoms with Crippen LogP contribution < -0.4 is 5.32 Å². The summed E-state index contributed by atoms with van der Waals surface area (Å²) in [4.78, 5) is 29.8. The molecule has 0 bridgehead atoms. The van der Waals surface area contributed by atoms with Crippen molar-refractivity contribution < 1.29 is 9.59 Å². The minimum atomic E-state index is -0.218. The number of carbonyl (C=O) groups excluding carboxylic acids is 2. The first kappa shape index (κ1) is 12.2. The fourth-order valence-corrected chi connectivity index (χ4v) is 2.96. The molecule has 3 rings (SSSR count). The van der Waals surface area contributed by atoms with Crippen LogP contribution in [-0.4, -0.2) is 40.8 Å². The molecule has 0 saturated heterocycles. The molecular weight excluding hydrogens is 262 g/mol. The normalized spacial score (nSPS) is 18.1. The van der Waals surface area contributed by atoms with Crippen LogP contribution in [0.1, 0.15) is 27.1 Å². The van der Waals surface area contributed by atoms with Gasteiger partial charge in [0, 0.05) is 13.1 Å². The maximum absolute atomic E-state index is 12.1. The number of imide groups is 1. The van der Waals surface area contributed by atoms with Gasteiger partial charge in [0.25, 0.3) is 11.8 Å². The molecule has 2 amide bonds. The zero-order valence-electron chi connectivity index (χ0n) is 10.3. The van der Waals surface area contributed by atoms with Gasteiger partial charge >= 0.3 is 0 Å². The molecule has 0 aliphatic carbocycles. The van der Waals surface area contributed by atoms with Crippen LogP contribution in [0.4, 0.5) is 0 Å². The third-order valence-corrected chi connectivity index (χ3v) is 4.01. The molecule has 0 saturated carbocycles. The second-order valence-electron chi connectivity index (χ2n) is 4.32. The van der Waals surface area contributed by atoms with E-state index in [4.69, 9.17) is 0 Å². The van der Waals surface area contributed by atoms with Gasteiger partial charge in [0.05, 0.1) is 17.0 Å². The minimum absolute atomic E-state index is 0.218. The van der Waals surface area contributed by atoms with Gasteiger partial charge in [-0.05, 0) is 18.6 Å². The summed E-state index contributed by atoms with van der Waals surface area (Å²) in [6.07, 6.45) is 1.02. The van der Waals surface area contributed by atoms with Crippen LogP contribution in [0.5, 0.6) is 0 Å². The molecule has 2 aliphatic heterocycles. The molecule has 1 aromatic carbocycles. The van der Waals surface area contributed by atoms with Crippen LogP contribution in [0, 0.1) is 0 Å². The number of carbonyl (C=O) groups is 2. The Balaban J connectivity index is 1.72. The third-order valence-electron chi connectivity index (χ3n) is 3.08. The van der Waals surface area contributed by atoms with Crippen LogP contribution in [0.15, 0.2) is 29.3 Å². The molecule has 5 nitrogen and oxygen atoms in total. The SMILES string of the molecule is O=C1c2ccccc2C(=O)N1CSC1=NCCCN1. The lowest BCUT2D eigenvalue weighted by molar-refractivity contribution is 0.0684. The molecule has 0 aromatic heterocycles. The number of benzene rings is 1. The average molecular weight is 275 g/mol. The predicted molar refractivity (Wildman–Crippen MR) is 74.3 cm³/mol. The van der Waals surface area contributed by atoms with E-state index in [2.05, 4.69) is 10.3 Å². The number of rotatable bonds is 2. The quantitative estimate of drug-likeness (QED) is 0.827. The van der Waals surface area contributed by atoms with Crippen molar-refractivity contribution in [3.8, 4) is 0 Å². The Morgan fingerprint density at radius 2 is 1.89 bits per heavy atom. The predicted octanol–water partition coefficient (Wildman–Crippen LogP) is 1.32. The van der Waals surface area contributed by atoms with E-state index < -0.39 is 0 Å². The van der Waals surface area contributed by atoms with Crippen molar-refractivity contribution in [2.45, 2.75) is 6.42 Å². The summed E-state index contributed by atoms with van der Waals surface area (Å²) >= 11 is 1.40. The van der Waals surface area contributed by atoms with Crippen molar-refractivity contribution >= 4 is 28.7 Å². The first-order chi connectivity index (χ1) is 9.27. The number of nitrogens with zero attached hydrogens (tertiary/aromatic N) is 2. The van der Waals surface area contributed by atoms with E-state index in [0.717, 1.165) is 24.7 Å². The van der Waals surface area contributed by atoms with E-state index in [9.17, 15) is 9.59 Å². The summed E-state index contributed by atoms with van der Waals surface area (Å²) < 4.78 is 0. The largest absolute Gasteiger partial charge is 0.365 e. The molecule has 98 valence electrons. The number of nitrogens with one attached hydrogen (secondary N) is 1. The van der Waals surface area contributed by atoms with Crippen molar-refractivity contribution in [3.05, 3.63) is 35.4 Å². The van der Waals surface area contributed by atoms with Crippen molar-refractivity contribution in [1.82, 2.24) is 10.2 Å². The highest BCUT2D eigenvalue weighted by atomic mass is 32.2. The van der Waals surface area contributed by atoms with Gasteiger partial charge < -0.3 is 5.32 Å². The van der Waals surface area contributed by atoms with Crippen molar-refractivity contribution in [2.75, 3.05) is 19.0 Å². The molecule has 19 heavy (non-hydrogen) atoms. The molecule has 1 N–H and O–H groups in total. The number of amides is 2. The summed E-state index contributed by atoms with van der Waals surface area (Å²) in [6, 6.07) is 6.92. The van der Waals surface area contributed by atoms with Gasteiger partial charge in [0.2, 0.25) is 0 Å². The molecule has 6 heteroatoms. The zero-order valence-corrected chi connectivity index (χ0v) is 11.1. The maximum atomic E-state index is 12.1. The number of amidine groups is 1. The number of thioether (sulfide) groups is 1. The number of hydrogen-bond acceptors (Lipinski definition) is 5.